The predicted octanol–water partition coefficient (Wildman–Crippen LogP) is 0.609. The van der Waals surface area contributed by atoms with Crippen LogP contribution in [0.4, 0.5) is 0 Å². The predicted molar refractivity (Wildman–Crippen MR) is 68.5 cm³/mol. The molecule has 1 fully saturated rings. The molecule has 1 aliphatic rings. The summed E-state index contributed by atoms with van der Waals surface area (Å²) in [4.78, 5) is 6.71. The Bertz CT molecular complexity index is 511. The molecule has 1 saturated carbocycles. The Hall–Kier alpha value is -0.920. The molecule has 7 heteroatoms. The number of aryl methyl sites for hydroxylation is 1. The molecule has 2 unspecified atom stereocenters. The highest BCUT2D eigenvalue weighted by Gasteiger charge is 2.34. The molecule has 1 aliphatic carbocycles. The number of sulfonamides is 1. The zero-order valence-electron chi connectivity index (χ0n) is 10.8. The number of nitrogens with one attached hydrogen (secondary N) is 1. The molecule has 2 atom stereocenters. The lowest BCUT2D eigenvalue weighted by Gasteiger charge is -2.34. The number of hydrogen-bond donors (Lipinski definition) is 2. The summed E-state index contributed by atoms with van der Waals surface area (Å²) in [6.45, 7) is 1.73. The van der Waals surface area contributed by atoms with Crippen LogP contribution in [0.5, 0.6) is 0 Å². The summed E-state index contributed by atoms with van der Waals surface area (Å²) in [6, 6.07) is -0.199. The molecule has 1 heterocycles. The summed E-state index contributed by atoms with van der Waals surface area (Å²) < 4.78 is 26.2. The maximum absolute atomic E-state index is 12.4. The maximum atomic E-state index is 12.4. The van der Waals surface area contributed by atoms with E-state index in [1.54, 1.807) is 14.0 Å². The van der Waals surface area contributed by atoms with Gasteiger partial charge in [-0.05, 0) is 19.8 Å². The van der Waals surface area contributed by atoms with Gasteiger partial charge in [0.15, 0.2) is 5.03 Å². The van der Waals surface area contributed by atoms with E-state index in [1.807, 2.05) is 0 Å². The van der Waals surface area contributed by atoms with Gasteiger partial charge in [-0.1, -0.05) is 12.8 Å². The van der Waals surface area contributed by atoms with Crippen molar-refractivity contribution in [1.82, 2.24) is 14.3 Å². The first-order valence-electron chi connectivity index (χ1n) is 6.18. The Balaban J connectivity index is 2.24. The van der Waals surface area contributed by atoms with Crippen LogP contribution in [0.2, 0.25) is 0 Å². The van der Waals surface area contributed by atoms with E-state index in [-0.39, 0.29) is 17.1 Å². The molecular formula is C11H20N4O2S. The number of likely N-dealkylation sites (N-methyl/N-ethyl adjacent to an activating group) is 1. The average molecular weight is 272 g/mol. The van der Waals surface area contributed by atoms with Gasteiger partial charge < -0.3 is 10.7 Å². The Morgan fingerprint density at radius 1 is 1.44 bits per heavy atom. The maximum Gasteiger partial charge on any atom is 0.260 e. The number of aromatic nitrogens is 2. The lowest BCUT2D eigenvalue weighted by Crippen LogP contribution is -2.50. The van der Waals surface area contributed by atoms with E-state index in [0.29, 0.717) is 5.82 Å². The Kier molecular flexibility index (Phi) is 3.74. The number of hydrogen-bond acceptors (Lipinski definition) is 4. The lowest BCUT2D eigenvalue weighted by molar-refractivity contribution is 0.252. The van der Waals surface area contributed by atoms with Crippen molar-refractivity contribution in [2.45, 2.75) is 49.7 Å². The van der Waals surface area contributed by atoms with Gasteiger partial charge in [-0.15, -0.1) is 0 Å². The van der Waals surface area contributed by atoms with Crippen molar-refractivity contribution in [3.05, 3.63) is 12.0 Å². The smallest absolute Gasteiger partial charge is 0.260 e. The molecule has 18 heavy (non-hydrogen) atoms. The van der Waals surface area contributed by atoms with Gasteiger partial charge in [-0.3, -0.25) is 0 Å². The van der Waals surface area contributed by atoms with E-state index in [0.717, 1.165) is 25.7 Å². The first kappa shape index (κ1) is 13.5. The largest absolute Gasteiger partial charge is 0.332 e. The molecule has 2 rings (SSSR count). The number of nitrogens with zero attached hydrogens (tertiary/aromatic N) is 2. The number of nitrogens with two attached hydrogens (primary N) is 1. The van der Waals surface area contributed by atoms with Crippen LogP contribution in [0.15, 0.2) is 11.2 Å². The Morgan fingerprint density at radius 3 is 2.67 bits per heavy atom. The van der Waals surface area contributed by atoms with E-state index in [9.17, 15) is 8.42 Å². The van der Waals surface area contributed by atoms with Gasteiger partial charge in [0.05, 0.1) is 6.20 Å². The van der Waals surface area contributed by atoms with Gasteiger partial charge in [0, 0.05) is 19.1 Å². The molecule has 1 aromatic rings. The number of aromatic amines is 1. The van der Waals surface area contributed by atoms with Crippen LogP contribution in [0.1, 0.15) is 31.5 Å². The van der Waals surface area contributed by atoms with Crippen molar-refractivity contribution < 1.29 is 8.42 Å². The molecule has 1 aromatic heterocycles. The first-order chi connectivity index (χ1) is 8.43. The van der Waals surface area contributed by atoms with Gasteiger partial charge in [0.25, 0.3) is 10.0 Å². The summed E-state index contributed by atoms with van der Waals surface area (Å²) in [5.74, 6) is 0.593. The minimum atomic E-state index is -3.52. The molecule has 0 spiro atoms. The van der Waals surface area contributed by atoms with Crippen LogP contribution in [-0.4, -0.2) is 41.8 Å². The molecule has 0 saturated heterocycles. The van der Waals surface area contributed by atoms with Crippen molar-refractivity contribution in [2.24, 2.45) is 5.73 Å². The fourth-order valence-electron chi connectivity index (χ4n) is 2.45. The van der Waals surface area contributed by atoms with Crippen molar-refractivity contribution >= 4 is 10.0 Å². The van der Waals surface area contributed by atoms with Crippen molar-refractivity contribution in [2.75, 3.05) is 7.05 Å². The van der Waals surface area contributed by atoms with E-state index >= 15 is 0 Å². The summed E-state index contributed by atoms with van der Waals surface area (Å²) in [5, 5.41) is 0.139. The molecule has 0 aromatic carbocycles. The highest BCUT2D eigenvalue weighted by molar-refractivity contribution is 7.89. The molecule has 0 radical (unpaired) electrons. The number of rotatable bonds is 3. The van der Waals surface area contributed by atoms with Crippen LogP contribution in [0.25, 0.3) is 0 Å². The minimum absolute atomic E-state index is 0.0810. The van der Waals surface area contributed by atoms with Gasteiger partial charge in [0.1, 0.15) is 5.82 Å². The summed E-state index contributed by atoms with van der Waals surface area (Å²) in [6.07, 6.45) is 5.17. The normalized spacial score (nSPS) is 25.6. The fraction of sp³-hybridized carbons (Fsp3) is 0.727. The van der Waals surface area contributed by atoms with Gasteiger partial charge in [-0.2, -0.15) is 4.31 Å². The molecule has 102 valence electrons. The second-order valence-corrected chi connectivity index (χ2v) is 6.84. The van der Waals surface area contributed by atoms with E-state index in [1.165, 1.54) is 10.5 Å². The van der Waals surface area contributed by atoms with Crippen molar-refractivity contribution in [1.29, 1.82) is 0 Å². The third-order valence-corrected chi connectivity index (χ3v) is 5.38. The van der Waals surface area contributed by atoms with Crippen LogP contribution >= 0.6 is 0 Å². The number of H-pyrrole nitrogens is 1. The van der Waals surface area contributed by atoms with Crippen LogP contribution in [0, 0.1) is 6.92 Å². The summed E-state index contributed by atoms with van der Waals surface area (Å²) >= 11 is 0. The SMILES string of the molecule is Cc1ncc(S(=O)(=O)N(C)C2CCCCC2N)[nH]1. The Labute approximate surface area is 108 Å². The molecule has 3 N–H and O–H groups in total. The fourth-order valence-corrected chi connectivity index (χ4v) is 3.85. The van der Waals surface area contributed by atoms with Crippen LogP contribution in [-0.2, 0) is 10.0 Å². The molecular weight excluding hydrogens is 252 g/mol. The van der Waals surface area contributed by atoms with Gasteiger partial charge >= 0.3 is 0 Å². The third kappa shape index (κ3) is 2.43. The molecule has 0 aliphatic heterocycles. The molecule has 0 bridgehead atoms. The second kappa shape index (κ2) is 4.99. The van der Waals surface area contributed by atoms with Crippen molar-refractivity contribution in [3.8, 4) is 0 Å². The standard InChI is InChI=1S/C11H20N4O2S/c1-8-13-7-11(14-8)18(16,17)15(2)10-6-4-3-5-9(10)12/h7,9-10H,3-6,12H2,1-2H3,(H,13,14). The molecule has 0 amide bonds. The van der Waals surface area contributed by atoms with Crippen LogP contribution in [0.3, 0.4) is 0 Å². The van der Waals surface area contributed by atoms with E-state index in [2.05, 4.69) is 9.97 Å². The van der Waals surface area contributed by atoms with Crippen LogP contribution < -0.4 is 5.73 Å². The third-order valence-electron chi connectivity index (χ3n) is 3.59. The van der Waals surface area contributed by atoms with E-state index < -0.39 is 10.0 Å². The summed E-state index contributed by atoms with van der Waals surface area (Å²) in [7, 11) is -1.92. The topological polar surface area (TPSA) is 92.1 Å². The van der Waals surface area contributed by atoms with Gasteiger partial charge in [-0.25, -0.2) is 13.4 Å². The first-order valence-corrected chi connectivity index (χ1v) is 7.62. The van der Waals surface area contributed by atoms with Gasteiger partial charge in [0.2, 0.25) is 0 Å². The summed E-state index contributed by atoms with van der Waals surface area (Å²) in [5.41, 5.74) is 6.03. The average Bonchev–Trinajstić information content (AvgIpc) is 2.76. The zero-order chi connectivity index (χ0) is 13.3. The Morgan fingerprint density at radius 2 is 2.11 bits per heavy atom. The highest BCUT2D eigenvalue weighted by Crippen LogP contribution is 2.25. The highest BCUT2D eigenvalue weighted by atomic mass is 32.2. The number of imidazole rings is 1. The minimum Gasteiger partial charge on any atom is -0.332 e. The van der Waals surface area contributed by atoms with E-state index in [4.69, 9.17) is 5.73 Å². The van der Waals surface area contributed by atoms with Crippen molar-refractivity contribution in [3.63, 3.8) is 0 Å². The quantitative estimate of drug-likeness (QED) is 0.843. The second-order valence-electron chi connectivity index (χ2n) is 4.87. The molecule has 6 nitrogen and oxygen atoms in total. The zero-order valence-corrected chi connectivity index (χ0v) is 11.6. The monoisotopic (exact) mass is 272 g/mol. The lowest BCUT2D eigenvalue weighted by atomic mass is 9.91.